The van der Waals surface area contributed by atoms with E-state index < -0.39 is 0 Å². The first kappa shape index (κ1) is 18.1. The molecule has 0 N–H and O–H groups in total. The molecule has 0 amide bonds. The lowest BCUT2D eigenvalue weighted by Gasteiger charge is -2.09. The summed E-state index contributed by atoms with van der Waals surface area (Å²) in [5, 5.41) is 13.9. The predicted octanol–water partition coefficient (Wildman–Crippen LogP) is 4.31. The summed E-state index contributed by atoms with van der Waals surface area (Å²) in [6.45, 7) is 0. The minimum Gasteiger partial charge on any atom is -0.339 e. The molecule has 3 heterocycles. The average Bonchev–Trinajstić information content (AvgIpc) is 3.36. The molecule has 1 fully saturated rings. The van der Waals surface area contributed by atoms with Crippen molar-refractivity contribution in [1.29, 1.82) is 0 Å². The van der Waals surface area contributed by atoms with Gasteiger partial charge in [-0.05, 0) is 43.5 Å². The van der Waals surface area contributed by atoms with Crippen LogP contribution in [-0.4, -0.2) is 35.6 Å². The molecule has 1 aliphatic rings. The highest BCUT2D eigenvalue weighted by Gasteiger charge is 2.30. The Morgan fingerprint density at radius 2 is 1.86 bits per heavy atom. The summed E-state index contributed by atoms with van der Waals surface area (Å²) in [7, 11) is 0. The summed E-state index contributed by atoms with van der Waals surface area (Å²) in [5.74, 6) is 3.79. The van der Waals surface area contributed by atoms with E-state index in [4.69, 9.17) is 4.52 Å². The lowest BCUT2D eigenvalue weighted by atomic mass is 10.2. The maximum atomic E-state index is 5.38. The van der Waals surface area contributed by atoms with E-state index >= 15 is 0 Å². The molecule has 1 saturated carbocycles. The lowest BCUT2D eigenvalue weighted by Crippen LogP contribution is -2.02. The minimum absolute atomic E-state index is 0.544. The number of thioether (sulfide) groups is 1. The number of pyridine rings is 1. The maximum Gasteiger partial charge on any atom is 0.226 e. The Kier molecular flexibility index (Phi) is 5.08. The van der Waals surface area contributed by atoms with Gasteiger partial charge in [-0.3, -0.25) is 9.55 Å². The first-order chi connectivity index (χ1) is 14.4. The quantitative estimate of drug-likeness (QED) is 0.319. The van der Waals surface area contributed by atoms with E-state index in [9.17, 15) is 0 Å². The maximum absolute atomic E-state index is 5.38. The van der Waals surface area contributed by atoms with Gasteiger partial charge in [-0.2, -0.15) is 4.98 Å². The number of para-hydroxylation sites is 1. The zero-order chi connectivity index (χ0) is 19.5. The Labute approximate surface area is 172 Å². The van der Waals surface area contributed by atoms with Crippen molar-refractivity contribution in [2.75, 3.05) is 5.75 Å². The van der Waals surface area contributed by atoms with Crippen LogP contribution in [0.2, 0.25) is 0 Å². The molecule has 4 aromatic rings. The van der Waals surface area contributed by atoms with Crippen molar-refractivity contribution in [3.05, 3.63) is 66.6 Å². The van der Waals surface area contributed by atoms with E-state index in [0.29, 0.717) is 17.6 Å². The average molecular weight is 404 g/mol. The molecule has 1 aliphatic carbocycles. The molecule has 0 saturated heterocycles. The molecular weight excluding hydrogens is 384 g/mol. The van der Waals surface area contributed by atoms with Crippen molar-refractivity contribution < 1.29 is 4.52 Å². The fourth-order valence-corrected chi connectivity index (χ4v) is 4.06. The van der Waals surface area contributed by atoms with Crippen LogP contribution >= 0.6 is 11.8 Å². The van der Waals surface area contributed by atoms with E-state index in [2.05, 4.69) is 54.2 Å². The molecule has 3 aromatic heterocycles. The number of nitrogens with zero attached hydrogens (tertiary/aromatic N) is 6. The first-order valence-electron chi connectivity index (χ1n) is 9.75. The van der Waals surface area contributed by atoms with E-state index in [1.165, 1.54) is 12.8 Å². The number of hydrogen-bond acceptors (Lipinski definition) is 7. The molecule has 0 aliphatic heterocycles. The number of aromatic nitrogens is 6. The third-order valence-electron chi connectivity index (χ3n) is 4.79. The molecule has 29 heavy (non-hydrogen) atoms. The van der Waals surface area contributed by atoms with Gasteiger partial charge in [-0.25, -0.2) is 0 Å². The number of rotatable bonds is 8. The van der Waals surface area contributed by atoms with E-state index in [1.54, 1.807) is 24.2 Å². The van der Waals surface area contributed by atoms with Crippen LogP contribution < -0.4 is 0 Å². The van der Waals surface area contributed by atoms with Gasteiger partial charge in [0.1, 0.15) is 5.82 Å². The summed E-state index contributed by atoms with van der Waals surface area (Å²) in [4.78, 5) is 8.49. The van der Waals surface area contributed by atoms with Gasteiger partial charge in [0.25, 0.3) is 0 Å². The zero-order valence-corrected chi connectivity index (χ0v) is 16.6. The molecule has 8 heteroatoms. The van der Waals surface area contributed by atoms with Gasteiger partial charge in [0.15, 0.2) is 5.16 Å². The van der Waals surface area contributed by atoms with Crippen LogP contribution in [0, 0.1) is 0 Å². The molecule has 0 spiro atoms. The van der Waals surface area contributed by atoms with E-state index in [-0.39, 0.29) is 0 Å². The molecule has 1 aromatic carbocycles. The van der Waals surface area contributed by atoms with Crippen LogP contribution in [0.1, 0.15) is 36.9 Å². The molecular formula is C21H20N6OS. The van der Waals surface area contributed by atoms with Crippen molar-refractivity contribution >= 4 is 11.8 Å². The van der Waals surface area contributed by atoms with Crippen LogP contribution in [-0.2, 0) is 6.42 Å². The Bertz CT molecular complexity index is 1080. The molecule has 7 nitrogen and oxygen atoms in total. The highest BCUT2D eigenvalue weighted by atomic mass is 32.2. The summed E-state index contributed by atoms with van der Waals surface area (Å²) in [6.07, 6.45) is 7.50. The van der Waals surface area contributed by atoms with Gasteiger partial charge in [0, 0.05) is 41.7 Å². The van der Waals surface area contributed by atoms with Crippen LogP contribution in [0.25, 0.3) is 17.1 Å². The summed E-state index contributed by atoms with van der Waals surface area (Å²) < 4.78 is 7.59. The second kappa shape index (κ2) is 8.16. The fourth-order valence-electron chi connectivity index (χ4n) is 3.16. The van der Waals surface area contributed by atoms with Gasteiger partial charge in [0.05, 0.1) is 0 Å². The normalized spacial score (nSPS) is 13.7. The summed E-state index contributed by atoms with van der Waals surface area (Å²) in [5.41, 5.74) is 2.04. The zero-order valence-electron chi connectivity index (χ0n) is 15.8. The van der Waals surface area contributed by atoms with Gasteiger partial charge in [-0.15, -0.1) is 10.2 Å². The summed E-state index contributed by atoms with van der Waals surface area (Å²) in [6, 6.07) is 14.1. The summed E-state index contributed by atoms with van der Waals surface area (Å²) >= 11 is 1.72. The molecule has 5 rings (SSSR count). The van der Waals surface area contributed by atoms with Crippen molar-refractivity contribution in [3.8, 4) is 17.1 Å². The van der Waals surface area contributed by atoms with Crippen molar-refractivity contribution in [2.45, 2.75) is 36.8 Å². The number of benzene rings is 1. The van der Waals surface area contributed by atoms with Gasteiger partial charge in [0.2, 0.25) is 11.7 Å². The van der Waals surface area contributed by atoms with Crippen molar-refractivity contribution in [1.82, 2.24) is 29.9 Å². The number of hydrogen-bond donors (Lipinski definition) is 0. The van der Waals surface area contributed by atoms with Gasteiger partial charge >= 0.3 is 0 Å². The van der Waals surface area contributed by atoms with Gasteiger partial charge < -0.3 is 4.52 Å². The van der Waals surface area contributed by atoms with Crippen molar-refractivity contribution in [3.63, 3.8) is 0 Å². The lowest BCUT2D eigenvalue weighted by molar-refractivity contribution is 0.378. The molecule has 0 atom stereocenters. The highest BCUT2D eigenvalue weighted by molar-refractivity contribution is 7.99. The molecule has 146 valence electrons. The van der Waals surface area contributed by atoms with Crippen LogP contribution in [0.5, 0.6) is 0 Å². The SMILES string of the molecule is c1ccc(-n2c(SCCCc3nc(-c4ccncc4)no3)nnc2C2CC2)cc1. The predicted molar refractivity (Wildman–Crippen MR) is 110 cm³/mol. The second-order valence-corrected chi connectivity index (χ2v) is 8.05. The van der Waals surface area contributed by atoms with Crippen LogP contribution in [0.3, 0.4) is 0 Å². The minimum atomic E-state index is 0.544. The number of aryl methyl sites for hydroxylation is 1. The van der Waals surface area contributed by atoms with Crippen molar-refractivity contribution in [2.24, 2.45) is 0 Å². The van der Waals surface area contributed by atoms with E-state index in [0.717, 1.165) is 40.8 Å². The topological polar surface area (TPSA) is 82.5 Å². The molecule has 0 radical (unpaired) electrons. The molecule has 0 bridgehead atoms. The fraction of sp³-hybridized carbons (Fsp3) is 0.286. The standard InChI is InChI=1S/C21H20N6OS/c1-2-5-17(6-3-1)27-20(16-8-9-16)24-25-21(27)29-14-4-7-18-23-19(26-28-18)15-10-12-22-13-11-15/h1-3,5-6,10-13,16H,4,7-9,14H2. The molecule has 0 unspecified atom stereocenters. The Hall–Kier alpha value is -3.00. The second-order valence-electron chi connectivity index (χ2n) is 6.99. The van der Waals surface area contributed by atoms with Gasteiger partial charge in [-0.1, -0.05) is 35.1 Å². The highest BCUT2D eigenvalue weighted by Crippen LogP contribution is 2.41. The van der Waals surface area contributed by atoms with Crippen LogP contribution in [0.4, 0.5) is 0 Å². The van der Waals surface area contributed by atoms with E-state index in [1.807, 2.05) is 18.2 Å². The monoisotopic (exact) mass is 404 g/mol. The Morgan fingerprint density at radius 1 is 1.03 bits per heavy atom. The Balaban J connectivity index is 1.22. The van der Waals surface area contributed by atoms with Crippen LogP contribution in [0.15, 0.2) is 64.5 Å². The first-order valence-corrected chi connectivity index (χ1v) is 10.7. The Morgan fingerprint density at radius 3 is 2.66 bits per heavy atom. The third-order valence-corrected chi connectivity index (χ3v) is 5.80. The smallest absolute Gasteiger partial charge is 0.226 e. The third kappa shape index (κ3) is 4.07. The largest absolute Gasteiger partial charge is 0.339 e.